The largest absolute Gasteiger partial charge is 0.378 e. The van der Waals surface area contributed by atoms with Gasteiger partial charge in [0.25, 0.3) is 0 Å². The maximum Gasteiger partial charge on any atom is 0.0387 e. The average molecular weight is 261 g/mol. The van der Waals surface area contributed by atoms with E-state index >= 15 is 0 Å². The van der Waals surface area contributed by atoms with E-state index < -0.39 is 0 Å². The van der Waals surface area contributed by atoms with Crippen molar-refractivity contribution in [1.82, 2.24) is 5.32 Å². The third-order valence-corrected chi connectivity index (χ3v) is 3.94. The second-order valence-corrected chi connectivity index (χ2v) is 6.02. The molecule has 0 aromatic heterocycles. The molecule has 0 aliphatic carbocycles. The van der Waals surface area contributed by atoms with Crippen LogP contribution in [0.15, 0.2) is 24.3 Å². The van der Waals surface area contributed by atoms with Gasteiger partial charge >= 0.3 is 0 Å². The van der Waals surface area contributed by atoms with Crippen molar-refractivity contribution in [2.75, 3.05) is 43.5 Å². The Bertz CT molecular complexity index is 401. The molecule has 1 saturated heterocycles. The summed E-state index contributed by atoms with van der Waals surface area (Å²) in [6.07, 6.45) is 1.22. The number of hydrogen-bond donors (Lipinski definition) is 1. The Hall–Kier alpha value is -1.22. The van der Waals surface area contributed by atoms with E-state index in [0.29, 0.717) is 12.0 Å². The number of nitrogens with one attached hydrogen (secondary N) is 1. The van der Waals surface area contributed by atoms with Gasteiger partial charge in [-0.05, 0) is 37.1 Å². The van der Waals surface area contributed by atoms with Crippen molar-refractivity contribution in [3.8, 4) is 0 Å². The van der Waals surface area contributed by atoms with E-state index in [9.17, 15) is 0 Å². The molecule has 0 bridgehead atoms. The minimum absolute atomic E-state index is 0.588. The summed E-state index contributed by atoms with van der Waals surface area (Å²) in [6, 6.07) is 9.44. The highest BCUT2D eigenvalue weighted by atomic mass is 15.2. The van der Waals surface area contributed by atoms with E-state index in [1.54, 1.807) is 0 Å². The van der Waals surface area contributed by atoms with Crippen LogP contribution in [0, 0.1) is 5.92 Å². The number of hydrogen-bond acceptors (Lipinski definition) is 3. The molecule has 1 heterocycles. The van der Waals surface area contributed by atoms with E-state index in [-0.39, 0.29) is 0 Å². The summed E-state index contributed by atoms with van der Waals surface area (Å²) < 4.78 is 0. The molecule has 0 radical (unpaired) electrons. The Morgan fingerprint density at radius 2 is 2.11 bits per heavy atom. The van der Waals surface area contributed by atoms with E-state index in [1.165, 1.54) is 17.8 Å². The molecule has 1 aromatic carbocycles. The minimum atomic E-state index is 0.588. The lowest BCUT2D eigenvalue weighted by Crippen LogP contribution is -2.41. The van der Waals surface area contributed by atoms with Gasteiger partial charge in [-0.1, -0.05) is 19.9 Å². The zero-order valence-corrected chi connectivity index (χ0v) is 12.7. The molecule has 1 aromatic rings. The monoisotopic (exact) mass is 261 g/mol. The molecule has 0 spiro atoms. The molecule has 1 N–H and O–H groups in total. The van der Waals surface area contributed by atoms with Gasteiger partial charge in [-0.25, -0.2) is 0 Å². The molecule has 106 valence electrons. The predicted octanol–water partition coefficient (Wildman–Crippen LogP) is 2.58. The molecule has 19 heavy (non-hydrogen) atoms. The fourth-order valence-electron chi connectivity index (χ4n) is 2.60. The molecule has 0 amide bonds. The lowest BCUT2D eigenvalue weighted by molar-refractivity contribution is 0.420. The molecular weight excluding hydrogens is 234 g/mol. The highest BCUT2D eigenvalue weighted by Gasteiger charge is 2.20. The molecule has 1 aliphatic heterocycles. The summed E-state index contributed by atoms with van der Waals surface area (Å²) in [6.45, 7) is 7.99. The third-order valence-electron chi connectivity index (χ3n) is 3.94. The van der Waals surface area contributed by atoms with Crippen molar-refractivity contribution in [3.05, 3.63) is 24.3 Å². The first kappa shape index (κ1) is 14.2. The van der Waals surface area contributed by atoms with E-state index in [2.05, 4.69) is 67.3 Å². The van der Waals surface area contributed by atoms with Crippen LogP contribution in [0.25, 0.3) is 0 Å². The summed E-state index contributed by atoms with van der Waals surface area (Å²) >= 11 is 0. The van der Waals surface area contributed by atoms with Gasteiger partial charge < -0.3 is 15.1 Å². The van der Waals surface area contributed by atoms with Crippen molar-refractivity contribution in [1.29, 1.82) is 0 Å². The van der Waals surface area contributed by atoms with Crippen molar-refractivity contribution >= 4 is 11.4 Å². The summed E-state index contributed by atoms with van der Waals surface area (Å²) in [5, 5.41) is 3.67. The first-order valence-electron chi connectivity index (χ1n) is 7.33. The number of benzene rings is 1. The maximum atomic E-state index is 3.67. The summed E-state index contributed by atoms with van der Waals surface area (Å²) in [4.78, 5) is 4.69. The van der Waals surface area contributed by atoms with Gasteiger partial charge in [0.1, 0.15) is 0 Å². The quantitative estimate of drug-likeness (QED) is 0.902. The van der Waals surface area contributed by atoms with E-state index in [4.69, 9.17) is 0 Å². The highest BCUT2D eigenvalue weighted by Crippen LogP contribution is 2.23. The smallest absolute Gasteiger partial charge is 0.0387 e. The van der Waals surface area contributed by atoms with Gasteiger partial charge in [0.15, 0.2) is 0 Å². The van der Waals surface area contributed by atoms with Crippen molar-refractivity contribution < 1.29 is 0 Å². The number of rotatable bonds is 3. The minimum Gasteiger partial charge on any atom is -0.378 e. The average Bonchev–Trinajstić information content (AvgIpc) is 2.64. The molecule has 3 nitrogen and oxygen atoms in total. The van der Waals surface area contributed by atoms with Crippen LogP contribution in [0.4, 0.5) is 11.4 Å². The van der Waals surface area contributed by atoms with Gasteiger partial charge in [0.05, 0.1) is 0 Å². The lowest BCUT2D eigenvalue weighted by atomic mass is 10.0. The molecule has 0 saturated carbocycles. The second kappa shape index (κ2) is 6.29. The van der Waals surface area contributed by atoms with Crippen molar-refractivity contribution in [2.45, 2.75) is 26.3 Å². The van der Waals surface area contributed by atoms with Gasteiger partial charge in [-0.3, -0.25) is 0 Å². The fraction of sp³-hybridized carbons (Fsp3) is 0.625. The lowest BCUT2D eigenvalue weighted by Gasteiger charge is -2.29. The molecule has 1 atom stereocenters. The SMILES string of the molecule is CC(C)C1CN(c2cccc(N(C)C)c2)CCCN1. The van der Waals surface area contributed by atoms with Crippen molar-refractivity contribution in [3.63, 3.8) is 0 Å². The maximum absolute atomic E-state index is 3.67. The number of nitrogens with zero attached hydrogens (tertiary/aromatic N) is 2. The standard InChI is InChI=1S/C16H27N3/c1-13(2)16-12-19(10-6-9-17-16)15-8-5-7-14(11-15)18(3)4/h5,7-8,11,13,16-17H,6,9-10,12H2,1-4H3. The summed E-state index contributed by atoms with van der Waals surface area (Å²) in [5.41, 5.74) is 2.62. The first-order valence-corrected chi connectivity index (χ1v) is 7.33. The molecular formula is C16H27N3. The van der Waals surface area contributed by atoms with E-state index in [0.717, 1.165) is 19.6 Å². The molecule has 1 fully saturated rings. The van der Waals surface area contributed by atoms with Crippen LogP contribution < -0.4 is 15.1 Å². The molecule has 1 aliphatic rings. The van der Waals surface area contributed by atoms with Gasteiger partial charge in [-0.15, -0.1) is 0 Å². The van der Waals surface area contributed by atoms with Crippen LogP contribution in [-0.4, -0.2) is 39.8 Å². The van der Waals surface area contributed by atoms with Gasteiger partial charge in [0, 0.05) is 44.6 Å². The van der Waals surface area contributed by atoms with Crippen LogP contribution in [0.1, 0.15) is 20.3 Å². The Balaban J connectivity index is 2.17. The predicted molar refractivity (Wildman–Crippen MR) is 84.2 cm³/mol. The van der Waals surface area contributed by atoms with Crippen LogP contribution >= 0.6 is 0 Å². The molecule has 3 heteroatoms. The first-order chi connectivity index (χ1) is 9.08. The fourth-order valence-corrected chi connectivity index (χ4v) is 2.60. The Kier molecular flexibility index (Phi) is 4.70. The Labute approximate surface area is 117 Å². The topological polar surface area (TPSA) is 18.5 Å². The van der Waals surface area contributed by atoms with Gasteiger partial charge in [-0.2, -0.15) is 0 Å². The Morgan fingerprint density at radius 3 is 2.79 bits per heavy atom. The zero-order valence-electron chi connectivity index (χ0n) is 12.7. The normalized spacial score (nSPS) is 20.5. The second-order valence-electron chi connectivity index (χ2n) is 6.02. The van der Waals surface area contributed by atoms with Crippen molar-refractivity contribution in [2.24, 2.45) is 5.92 Å². The van der Waals surface area contributed by atoms with Crippen LogP contribution in [0.2, 0.25) is 0 Å². The number of anilines is 2. The third kappa shape index (κ3) is 3.63. The zero-order chi connectivity index (χ0) is 13.8. The van der Waals surface area contributed by atoms with Gasteiger partial charge in [0.2, 0.25) is 0 Å². The Morgan fingerprint density at radius 1 is 1.32 bits per heavy atom. The van der Waals surface area contributed by atoms with E-state index in [1.807, 2.05) is 0 Å². The van der Waals surface area contributed by atoms with Crippen LogP contribution in [0.3, 0.4) is 0 Å². The highest BCUT2D eigenvalue weighted by molar-refractivity contribution is 5.59. The summed E-state index contributed by atoms with van der Waals surface area (Å²) in [7, 11) is 4.19. The molecule has 1 unspecified atom stereocenters. The molecule has 2 rings (SSSR count). The van der Waals surface area contributed by atoms with Crippen LogP contribution in [-0.2, 0) is 0 Å². The van der Waals surface area contributed by atoms with Crippen LogP contribution in [0.5, 0.6) is 0 Å². The summed E-state index contributed by atoms with van der Waals surface area (Å²) in [5.74, 6) is 0.678.